The van der Waals surface area contributed by atoms with Crippen molar-refractivity contribution in [2.75, 3.05) is 0 Å². The summed E-state index contributed by atoms with van der Waals surface area (Å²) >= 11 is 0. The van der Waals surface area contributed by atoms with Crippen LogP contribution in [-0.2, 0) is 0 Å². The molecule has 0 unspecified atom stereocenters. The van der Waals surface area contributed by atoms with Crippen LogP contribution in [0.5, 0.6) is 0 Å². The van der Waals surface area contributed by atoms with E-state index in [2.05, 4.69) is 4.98 Å². The zero-order chi connectivity index (χ0) is 7.56. The van der Waals surface area contributed by atoms with Crippen molar-refractivity contribution in [2.24, 2.45) is 0 Å². The van der Waals surface area contributed by atoms with Crippen LogP contribution in [0.15, 0.2) is 23.1 Å². The highest BCUT2D eigenvalue weighted by Gasteiger charge is 1.99. The Bertz CT molecular complexity index is 245. The Balaban J connectivity index is 3.00. The highest BCUT2D eigenvalue weighted by molar-refractivity contribution is 5.09. The maximum atomic E-state index is 10.4. The van der Waals surface area contributed by atoms with Crippen LogP contribution >= 0.6 is 0 Å². The van der Waals surface area contributed by atoms with Crippen molar-refractivity contribution in [3.05, 3.63) is 34.2 Å². The molecule has 4 heteroatoms. The van der Waals surface area contributed by atoms with E-state index in [0.717, 1.165) is 0 Å². The van der Waals surface area contributed by atoms with Gasteiger partial charge in [-0.1, -0.05) is 0 Å². The van der Waals surface area contributed by atoms with Gasteiger partial charge in [0.2, 0.25) is 5.56 Å². The quantitative estimate of drug-likeness (QED) is 0.455. The number of aromatic amines is 1. The summed E-state index contributed by atoms with van der Waals surface area (Å²) in [7, 11) is 0. The molecule has 1 rings (SSSR count). The fourth-order valence-corrected chi connectivity index (χ4v) is 0.583. The van der Waals surface area contributed by atoms with E-state index in [-0.39, 0.29) is 11.1 Å². The van der Waals surface area contributed by atoms with Gasteiger partial charge in [-0.3, -0.25) is 4.79 Å². The van der Waals surface area contributed by atoms with Gasteiger partial charge in [-0.05, 0) is 6.07 Å². The van der Waals surface area contributed by atoms with Crippen LogP contribution in [0.3, 0.4) is 0 Å². The number of H-pyrrole nitrogens is 1. The first-order valence-corrected chi connectivity index (χ1v) is 2.75. The molecule has 0 aliphatic rings. The minimum atomic E-state index is -1.52. The summed E-state index contributed by atoms with van der Waals surface area (Å²) in [5.41, 5.74) is 0.0176. The monoisotopic (exact) mass is 141 g/mol. The topological polar surface area (TPSA) is 73.3 Å². The lowest BCUT2D eigenvalue weighted by Crippen LogP contribution is -2.05. The fraction of sp³-hybridized carbons (Fsp3) is 0.167. The molecule has 0 aliphatic carbocycles. The van der Waals surface area contributed by atoms with Crippen LogP contribution in [0.25, 0.3) is 0 Å². The molecule has 0 amide bonds. The van der Waals surface area contributed by atoms with Gasteiger partial charge in [0, 0.05) is 17.8 Å². The third kappa shape index (κ3) is 1.43. The minimum Gasteiger partial charge on any atom is -0.364 e. The Morgan fingerprint density at radius 1 is 1.40 bits per heavy atom. The van der Waals surface area contributed by atoms with Crippen molar-refractivity contribution in [1.29, 1.82) is 0 Å². The number of aliphatic hydroxyl groups is 2. The second-order valence-corrected chi connectivity index (χ2v) is 1.86. The lowest BCUT2D eigenvalue weighted by atomic mass is 10.3. The number of rotatable bonds is 1. The second kappa shape index (κ2) is 2.64. The van der Waals surface area contributed by atoms with E-state index in [1.54, 1.807) is 0 Å². The number of pyridine rings is 1. The van der Waals surface area contributed by atoms with Crippen LogP contribution in [0.4, 0.5) is 0 Å². The van der Waals surface area contributed by atoms with Crippen LogP contribution in [0, 0.1) is 0 Å². The van der Waals surface area contributed by atoms with Gasteiger partial charge in [0.25, 0.3) is 0 Å². The molecule has 4 nitrogen and oxygen atoms in total. The molecule has 0 saturated carbocycles. The number of nitrogens with one attached hydrogen (secondary N) is 1. The van der Waals surface area contributed by atoms with E-state index in [1.165, 1.54) is 18.3 Å². The molecule has 3 N–H and O–H groups in total. The summed E-state index contributed by atoms with van der Waals surface area (Å²) in [5, 5.41) is 17.1. The largest absolute Gasteiger partial charge is 0.364 e. The highest BCUT2D eigenvalue weighted by Crippen LogP contribution is 2.03. The van der Waals surface area contributed by atoms with Crippen molar-refractivity contribution in [2.45, 2.75) is 6.29 Å². The summed E-state index contributed by atoms with van der Waals surface area (Å²) in [6, 6.07) is 2.58. The zero-order valence-electron chi connectivity index (χ0n) is 5.11. The Hall–Kier alpha value is -1.13. The highest BCUT2D eigenvalue weighted by atomic mass is 16.5. The summed E-state index contributed by atoms with van der Waals surface area (Å²) in [6.07, 6.45) is -0.260. The average molecular weight is 141 g/mol. The Kier molecular flexibility index (Phi) is 1.84. The fourth-order valence-electron chi connectivity index (χ4n) is 0.583. The van der Waals surface area contributed by atoms with E-state index in [9.17, 15) is 4.79 Å². The second-order valence-electron chi connectivity index (χ2n) is 1.86. The molecule has 10 heavy (non-hydrogen) atoms. The SMILES string of the molecule is O=c1ccc(C(O)O)c[nH]1. The first-order chi connectivity index (χ1) is 4.70. The minimum absolute atomic E-state index is 0.260. The smallest absolute Gasteiger partial charge is 0.247 e. The summed E-state index contributed by atoms with van der Waals surface area (Å²) in [5.74, 6) is 0. The summed E-state index contributed by atoms with van der Waals surface area (Å²) in [6.45, 7) is 0. The first kappa shape index (κ1) is 6.98. The Labute approximate surface area is 56.8 Å². The number of aliphatic hydroxyl groups excluding tert-OH is 1. The van der Waals surface area contributed by atoms with Crippen molar-refractivity contribution in [3.63, 3.8) is 0 Å². The van der Waals surface area contributed by atoms with Crippen LogP contribution in [0.1, 0.15) is 11.9 Å². The third-order valence-electron chi connectivity index (χ3n) is 1.11. The maximum absolute atomic E-state index is 10.4. The predicted molar refractivity (Wildman–Crippen MR) is 34.2 cm³/mol. The standard InChI is InChI=1S/C6H7NO3/c8-5-2-1-4(3-7-5)6(9)10/h1-3,6,9-10H,(H,7,8). The Morgan fingerprint density at radius 3 is 2.50 bits per heavy atom. The molecule has 0 atom stereocenters. The van der Waals surface area contributed by atoms with E-state index < -0.39 is 6.29 Å². The van der Waals surface area contributed by atoms with Gasteiger partial charge >= 0.3 is 0 Å². The van der Waals surface area contributed by atoms with Crippen LogP contribution < -0.4 is 5.56 Å². The molecule has 0 bridgehead atoms. The van der Waals surface area contributed by atoms with E-state index in [1.807, 2.05) is 0 Å². The van der Waals surface area contributed by atoms with E-state index in [4.69, 9.17) is 10.2 Å². The van der Waals surface area contributed by atoms with Crippen molar-refractivity contribution in [1.82, 2.24) is 4.98 Å². The molecule has 0 aliphatic heterocycles. The van der Waals surface area contributed by atoms with Crippen molar-refractivity contribution in [3.8, 4) is 0 Å². The summed E-state index contributed by atoms with van der Waals surface area (Å²) in [4.78, 5) is 12.7. The average Bonchev–Trinajstić information content (AvgIpc) is 1.88. The Morgan fingerprint density at radius 2 is 2.10 bits per heavy atom. The molecule has 0 radical (unpaired) electrons. The molecule has 0 fully saturated rings. The molecule has 54 valence electrons. The number of hydrogen-bond acceptors (Lipinski definition) is 3. The van der Waals surface area contributed by atoms with Gasteiger partial charge in [-0.2, -0.15) is 0 Å². The van der Waals surface area contributed by atoms with Gasteiger partial charge in [0.15, 0.2) is 6.29 Å². The lowest BCUT2D eigenvalue weighted by molar-refractivity contribution is -0.0427. The van der Waals surface area contributed by atoms with Gasteiger partial charge < -0.3 is 15.2 Å². The zero-order valence-corrected chi connectivity index (χ0v) is 5.11. The van der Waals surface area contributed by atoms with E-state index in [0.29, 0.717) is 0 Å². The van der Waals surface area contributed by atoms with Crippen molar-refractivity contribution >= 4 is 0 Å². The molecule has 0 saturated heterocycles. The molecule has 1 aromatic rings. The lowest BCUT2D eigenvalue weighted by Gasteiger charge is -1.99. The molecule has 1 aromatic heterocycles. The molecule has 1 heterocycles. The first-order valence-electron chi connectivity index (χ1n) is 2.75. The predicted octanol–water partition coefficient (Wildman–Crippen LogP) is -0.642. The third-order valence-corrected chi connectivity index (χ3v) is 1.11. The van der Waals surface area contributed by atoms with Gasteiger partial charge in [0.1, 0.15) is 0 Å². The van der Waals surface area contributed by atoms with Crippen LogP contribution in [-0.4, -0.2) is 15.2 Å². The van der Waals surface area contributed by atoms with Gasteiger partial charge in [0.05, 0.1) is 0 Å². The number of aromatic nitrogens is 1. The van der Waals surface area contributed by atoms with Gasteiger partial charge in [-0.25, -0.2) is 0 Å². The van der Waals surface area contributed by atoms with Crippen LogP contribution in [0.2, 0.25) is 0 Å². The normalized spacial score (nSPS) is 10.3. The van der Waals surface area contributed by atoms with E-state index >= 15 is 0 Å². The van der Waals surface area contributed by atoms with Crippen molar-refractivity contribution < 1.29 is 10.2 Å². The molecule has 0 aromatic carbocycles. The number of hydrogen-bond donors (Lipinski definition) is 3. The van der Waals surface area contributed by atoms with Gasteiger partial charge in [-0.15, -0.1) is 0 Å². The molecule has 0 spiro atoms. The molecular formula is C6H7NO3. The summed E-state index contributed by atoms with van der Waals surface area (Å²) < 4.78 is 0. The molecular weight excluding hydrogens is 134 g/mol. The maximum Gasteiger partial charge on any atom is 0.247 e.